The van der Waals surface area contributed by atoms with Crippen molar-refractivity contribution in [2.75, 3.05) is 13.6 Å². The number of benzene rings is 1. The van der Waals surface area contributed by atoms with Gasteiger partial charge in [-0.15, -0.1) is 11.3 Å². The number of fused-ring (bicyclic) bond motifs is 1. The molecule has 1 aliphatic carbocycles. The van der Waals surface area contributed by atoms with E-state index in [-0.39, 0.29) is 36.5 Å². The van der Waals surface area contributed by atoms with Crippen LogP contribution in [0.3, 0.4) is 0 Å². The number of amides is 4. The second-order valence-corrected chi connectivity index (χ2v) is 9.57. The molecule has 1 aromatic carbocycles. The standard InChI is InChI=1S/C23H25N5O3S/c1-14-18-12-19(32-22(18)28(25-14)17-6-4-3-5-7-17)21(30)24-15-8-10-16(11-9-15)27-20(29)13-26(2)23(27)31/h3-7,12,15-16H,8-11,13H2,1-2H3,(H,24,30). The van der Waals surface area contributed by atoms with E-state index in [9.17, 15) is 14.4 Å². The number of urea groups is 1. The minimum absolute atomic E-state index is 0.0428. The van der Waals surface area contributed by atoms with Gasteiger partial charge in [0.05, 0.1) is 16.3 Å². The summed E-state index contributed by atoms with van der Waals surface area (Å²) in [5, 5.41) is 8.77. The summed E-state index contributed by atoms with van der Waals surface area (Å²) in [5.41, 5.74) is 1.86. The Morgan fingerprint density at radius 2 is 1.84 bits per heavy atom. The monoisotopic (exact) mass is 451 g/mol. The molecule has 0 radical (unpaired) electrons. The minimum atomic E-state index is -0.212. The maximum atomic E-state index is 13.0. The molecule has 32 heavy (non-hydrogen) atoms. The van der Waals surface area contributed by atoms with Crippen LogP contribution in [0.5, 0.6) is 0 Å². The highest BCUT2D eigenvalue weighted by molar-refractivity contribution is 7.20. The van der Waals surface area contributed by atoms with Gasteiger partial charge in [0.25, 0.3) is 11.8 Å². The van der Waals surface area contributed by atoms with Crippen molar-refractivity contribution in [3.8, 4) is 5.69 Å². The van der Waals surface area contributed by atoms with Crippen molar-refractivity contribution in [1.29, 1.82) is 0 Å². The van der Waals surface area contributed by atoms with Crippen molar-refractivity contribution in [3.05, 3.63) is 47.0 Å². The molecule has 2 aliphatic rings. The third kappa shape index (κ3) is 3.56. The number of carbonyl (C=O) groups excluding carboxylic acids is 3. The first-order valence-corrected chi connectivity index (χ1v) is 11.7. The van der Waals surface area contributed by atoms with E-state index in [1.807, 2.05) is 48.0 Å². The van der Waals surface area contributed by atoms with Crippen molar-refractivity contribution in [2.45, 2.75) is 44.7 Å². The Labute approximate surface area is 189 Å². The van der Waals surface area contributed by atoms with Gasteiger partial charge in [0.1, 0.15) is 11.4 Å². The normalized spacial score (nSPS) is 21.6. The van der Waals surface area contributed by atoms with Gasteiger partial charge in [-0.25, -0.2) is 9.48 Å². The molecule has 0 bridgehead atoms. The predicted molar refractivity (Wildman–Crippen MR) is 122 cm³/mol. The van der Waals surface area contributed by atoms with Gasteiger partial charge in [0.15, 0.2) is 0 Å². The van der Waals surface area contributed by atoms with Crippen LogP contribution in [0.25, 0.3) is 15.9 Å². The predicted octanol–water partition coefficient (Wildman–Crippen LogP) is 3.33. The molecule has 1 saturated heterocycles. The molecule has 4 amide bonds. The minimum Gasteiger partial charge on any atom is -0.349 e. The Balaban J connectivity index is 1.26. The van der Waals surface area contributed by atoms with Gasteiger partial charge in [0.2, 0.25) is 0 Å². The fraction of sp³-hybridized carbons (Fsp3) is 0.391. The number of rotatable bonds is 4. The fourth-order valence-corrected chi connectivity index (χ4v) is 5.72. The van der Waals surface area contributed by atoms with Gasteiger partial charge in [-0.2, -0.15) is 5.10 Å². The van der Waals surface area contributed by atoms with E-state index in [2.05, 4.69) is 10.4 Å². The third-order valence-corrected chi connectivity index (χ3v) is 7.45. The molecule has 0 spiro atoms. The van der Waals surface area contributed by atoms with Gasteiger partial charge in [0, 0.05) is 24.5 Å². The summed E-state index contributed by atoms with van der Waals surface area (Å²) in [6, 6.07) is 11.6. The van der Waals surface area contributed by atoms with E-state index >= 15 is 0 Å². The molecule has 166 valence electrons. The van der Waals surface area contributed by atoms with E-state index in [1.54, 1.807) is 7.05 Å². The second-order valence-electron chi connectivity index (χ2n) is 8.54. The van der Waals surface area contributed by atoms with Crippen LogP contribution in [-0.2, 0) is 4.79 Å². The van der Waals surface area contributed by atoms with Crippen molar-refractivity contribution < 1.29 is 14.4 Å². The van der Waals surface area contributed by atoms with Gasteiger partial charge in [-0.05, 0) is 50.8 Å². The average Bonchev–Trinajstić information content (AvgIpc) is 3.43. The summed E-state index contributed by atoms with van der Waals surface area (Å²) in [4.78, 5) is 41.8. The number of thiophene rings is 1. The van der Waals surface area contributed by atoms with Gasteiger partial charge in [-0.1, -0.05) is 18.2 Å². The lowest BCUT2D eigenvalue weighted by molar-refractivity contribution is -0.127. The second kappa shape index (κ2) is 8.05. The van der Waals surface area contributed by atoms with Crippen LogP contribution in [-0.4, -0.2) is 63.1 Å². The molecule has 0 unspecified atom stereocenters. The molecular weight excluding hydrogens is 426 g/mol. The molecule has 2 fully saturated rings. The molecule has 3 aromatic rings. The molecular formula is C23H25N5O3S. The molecule has 9 heteroatoms. The van der Waals surface area contributed by atoms with Gasteiger partial charge < -0.3 is 10.2 Å². The van der Waals surface area contributed by atoms with Crippen LogP contribution in [0, 0.1) is 6.92 Å². The maximum Gasteiger partial charge on any atom is 0.327 e. The Morgan fingerprint density at radius 3 is 2.50 bits per heavy atom. The Bertz CT molecular complexity index is 1190. The first-order chi connectivity index (χ1) is 15.4. The van der Waals surface area contributed by atoms with Crippen molar-refractivity contribution >= 4 is 39.4 Å². The molecule has 1 N–H and O–H groups in total. The van der Waals surface area contributed by atoms with Crippen LogP contribution >= 0.6 is 11.3 Å². The number of aryl methyl sites for hydroxylation is 1. The number of nitrogens with zero attached hydrogens (tertiary/aromatic N) is 4. The van der Waals surface area contributed by atoms with E-state index in [0.29, 0.717) is 17.7 Å². The van der Waals surface area contributed by atoms with E-state index in [4.69, 9.17) is 0 Å². The van der Waals surface area contributed by atoms with Gasteiger partial charge >= 0.3 is 6.03 Å². The zero-order chi connectivity index (χ0) is 22.4. The summed E-state index contributed by atoms with van der Waals surface area (Å²) in [6.07, 6.45) is 2.92. The number of aromatic nitrogens is 2. The molecule has 0 atom stereocenters. The Kier molecular flexibility index (Phi) is 5.21. The van der Waals surface area contributed by atoms with Crippen LogP contribution in [0.15, 0.2) is 36.4 Å². The topological polar surface area (TPSA) is 87.5 Å². The third-order valence-electron chi connectivity index (χ3n) is 6.34. The number of nitrogens with one attached hydrogen (secondary N) is 1. The average molecular weight is 452 g/mol. The maximum absolute atomic E-state index is 13.0. The zero-order valence-electron chi connectivity index (χ0n) is 18.1. The van der Waals surface area contributed by atoms with E-state index < -0.39 is 0 Å². The molecule has 3 heterocycles. The van der Waals surface area contributed by atoms with Crippen LogP contribution in [0.1, 0.15) is 41.0 Å². The lowest BCUT2D eigenvalue weighted by Gasteiger charge is -2.33. The van der Waals surface area contributed by atoms with Crippen molar-refractivity contribution in [2.24, 2.45) is 0 Å². The van der Waals surface area contributed by atoms with Crippen LogP contribution in [0.4, 0.5) is 4.79 Å². The molecule has 5 rings (SSSR count). The summed E-state index contributed by atoms with van der Waals surface area (Å²) in [7, 11) is 1.65. The lowest BCUT2D eigenvalue weighted by Crippen LogP contribution is -2.46. The SMILES string of the molecule is Cc1nn(-c2ccccc2)c2sc(C(=O)NC3CCC(N4C(=O)CN(C)C4=O)CC3)cc12. The quantitative estimate of drug-likeness (QED) is 0.617. The Morgan fingerprint density at radius 1 is 1.12 bits per heavy atom. The zero-order valence-corrected chi connectivity index (χ0v) is 18.9. The molecule has 2 aromatic heterocycles. The highest BCUT2D eigenvalue weighted by Gasteiger charge is 2.40. The first kappa shape index (κ1) is 20.7. The number of hydrogen-bond acceptors (Lipinski definition) is 5. The largest absolute Gasteiger partial charge is 0.349 e. The fourth-order valence-electron chi connectivity index (χ4n) is 4.64. The number of hydrogen-bond donors (Lipinski definition) is 1. The number of likely N-dealkylation sites (N-methyl/N-ethyl adjacent to an activating group) is 1. The summed E-state index contributed by atoms with van der Waals surface area (Å²) in [6.45, 7) is 2.11. The van der Waals surface area contributed by atoms with E-state index in [0.717, 1.165) is 34.4 Å². The van der Waals surface area contributed by atoms with Crippen LogP contribution in [0.2, 0.25) is 0 Å². The highest BCUT2D eigenvalue weighted by atomic mass is 32.1. The lowest BCUT2D eigenvalue weighted by atomic mass is 9.90. The summed E-state index contributed by atoms with van der Waals surface area (Å²) >= 11 is 1.44. The van der Waals surface area contributed by atoms with Crippen molar-refractivity contribution in [1.82, 2.24) is 24.9 Å². The molecule has 1 saturated carbocycles. The number of imide groups is 1. The Hall–Kier alpha value is -3.20. The highest BCUT2D eigenvalue weighted by Crippen LogP contribution is 2.31. The van der Waals surface area contributed by atoms with Crippen LogP contribution < -0.4 is 5.32 Å². The smallest absolute Gasteiger partial charge is 0.327 e. The van der Waals surface area contributed by atoms with E-state index in [1.165, 1.54) is 21.1 Å². The first-order valence-electron chi connectivity index (χ1n) is 10.8. The number of para-hydroxylation sites is 1. The molecule has 8 nitrogen and oxygen atoms in total. The van der Waals surface area contributed by atoms with Gasteiger partial charge in [-0.3, -0.25) is 14.5 Å². The number of carbonyl (C=O) groups is 3. The van der Waals surface area contributed by atoms with Crippen molar-refractivity contribution in [3.63, 3.8) is 0 Å². The summed E-state index contributed by atoms with van der Waals surface area (Å²) < 4.78 is 1.89. The summed E-state index contributed by atoms with van der Waals surface area (Å²) in [5.74, 6) is -0.209. The molecule has 1 aliphatic heterocycles.